The van der Waals surface area contributed by atoms with E-state index in [0.29, 0.717) is 6.42 Å². The Morgan fingerprint density at radius 3 is 2.33 bits per heavy atom. The molecule has 0 radical (unpaired) electrons. The summed E-state index contributed by atoms with van der Waals surface area (Å²) in [5.41, 5.74) is 5.17. The molecule has 0 saturated heterocycles. The standard InChI is InChI=1S/C21H25NO.C6H6O/c1-2-17-8-10-18(11-9-17)6-3-4-7-19-12-13-20-21(16-19)23-15-5-14-22-20;7-6-4-2-1-3-5-6/h8-14,16H,2-7,15H2,1H3;1-4H,5H2. The van der Waals surface area contributed by atoms with Gasteiger partial charge in [0, 0.05) is 19.1 Å². The third-order valence-electron chi connectivity index (χ3n) is 5.22. The van der Waals surface area contributed by atoms with Gasteiger partial charge in [-0.3, -0.25) is 9.79 Å². The van der Waals surface area contributed by atoms with Crippen LogP contribution in [0.25, 0.3) is 0 Å². The highest BCUT2D eigenvalue weighted by atomic mass is 16.5. The van der Waals surface area contributed by atoms with E-state index in [-0.39, 0.29) is 5.78 Å². The van der Waals surface area contributed by atoms with E-state index in [1.165, 1.54) is 29.5 Å². The van der Waals surface area contributed by atoms with Gasteiger partial charge in [0.05, 0.1) is 6.61 Å². The normalized spacial score (nSPS) is 14.4. The zero-order valence-corrected chi connectivity index (χ0v) is 17.8. The Hall–Kier alpha value is -2.94. The fourth-order valence-corrected chi connectivity index (χ4v) is 3.41. The summed E-state index contributed by atoms with van der Waals surface area (Å²) in [6.45, 7) is 2.93. The molecule has 0 unspecified atom stereocenters. The molecule has 30 heavy (non-hydrogen) atoms. The lowest BCUT2D eigenvalue weighted by atomic mass is 10.0. The third-order valence-corrected chi connectivity index (χ3v) is 5.22. The van der Waals surface area contributed by atoms with Crippen molar-refractivity contribution in [3.8, 4) is 5.75 Å². The minimum atomic E-state index is 0.197. The zero-order chi connectivity index (χ0) is 21.0. The predicted molar refractivity (Wildman–Crippen MR) is 125 cm³/mol. The molecule has 0 saturated carbocycles. The fourth-order valence-electron chi connectivity index (χ4n) is 3.41. The van der Waals surface area contributed by atoms with Gasteiger partial charge in [0.25, 0.3) is 0 Å². The smallest absolute Gasteiger partial charge is 0.159 e. The number of carbonyl (C=O) groups is 1. The number of rotatable bonds is 6. The predicted octanol–water partition coefficient (Wildman–Crippen LogP) is 6.37. The Morgan fingerprint density at radius 2 is 1.67 bits per heavy atom. The second kappa shape index (κ2) is 11.9. The number of hydrogen-bond acceptors (Lipinski definition) is 3. The molecule has 0 bridgehead atoms. The van der Waals surface area contributed by atoms with Crippen LogP contribution in [0.4, 0.5) is 5.69 Å². The van der Waals surface area contributed by atoms with Gasteiger partial charge in [-0.25, -0.2) is 0 Å². The van der Waals surface area contributed by atoms with Crippen molar-refractivity contribution >= 4 is 17.7 Å². The van der Waals surface area contributed by atoms with Crippen LogP contribution in [0.15, 0.2) is 71.8 Å². The molecule has 2 aromatic carbocycles. The first kappa shape index (κ1) is 21.8. The van der Waals surface area contributed by atoms with E-state index in [1.54, 1.807) is 12.2 Å². The van der Waals surface area contributed by atoms with E-state index in [4.69, 9.17) is 4.74 Å². The monoisotopic (exact) mass is 401 g/mol. The Morgan fingerprint density at radius 1 is 0.933 bits per heavy atom. The quantitative estimate of drug-likeness (QED) is 0.528. The first-order chi connectivity index (χ1) is 14.7. The van der Waals surface area contributed by atoms with Crippen molar-refractivity contribution in [1.82, 2.24) is 0 Å². The summed E-state index contributed by atoms with van der Waals surface area (Å²) in [6.07, 6.45) is 16.3. The minimum absolute atomic E-state index is 0.197. The van der Waals surface area contributed by atoms with Crippen LogP contribution >= 0.6 is 0 Å². The summed E-state index contributed by atoms with van der Waals surface area (Å²) in [4.78, 5) is 14.8. The highest BCUT2D eigenvalue weighted by molar-refractivity contribution is 5.92. The summed E-state index contributed by atoms with van der Waals surface area (Å²) in [7, 11) is 0. The summed E-state index contributed by atoms with van der Waals surface area (Å²) in [5.74, 6) is 1.13. The number of ketones is 1. The number of ether oxygens (including phenoxy) is 1. The third kappa shape index (κ3) is 7.14. The Kier molecular flexibility index (Phi) is 8.64. The number of allylic oxidation sites excluding steroid dienone is 4. The highest BCUT2D eigenvalue weighted by Crippen LogP contribution is 2.30. The molecular formula is C27H31NO2. The summed E-state index contributed by atoms with van der Waals surface area (Å²) in [5, 5.41) is 0. The number of carbonyl (C=O) groups excluding carboxylic acids is 1. The molecule has 0 amide bonds. The van der Waals surface area contributed by atoms with Crippen molar-refractivity contribution in [2.75, 3.05) is 6.61 Å². The van der Waals surface area contributed by atoms with Crippen LogP contribution in [-0.4, -0.2) is 18.6 Å². The van der Waals surface area contributed by atoms with E-state index in [0.717, 1.165) is 43.7 Å². The van der Waals surface area contributed by atoms with Crippen molar-refractivity contribution in [3.05, 3.63) is 83.5 Å². The van der Waals surface area contributed by atoms with Crippen LogP contribution < -0.4 is 4.74 Å². The van der Waals surface area contributed by atoms with Crippen LogP contribution in [0, 0.1) is 0 Å². The molecule has 156 valence electrons. The molecular weight excluding hydrogens is 370 g/mol. The number of benzene rings is 2. The summed E-state index contributed by atoms with van der Waals surface area (Å²) >= 11 is 0. The molecule has 4 rings (SSSR count). The van der Waals surface area contributed by atoms with Gasteiger partial charge >= 0.3 is 0 Å². The molecule has 2 aliphatic rings. The van der Waals surface area contributed by atoms with Gasteiger partial charge in [0.2, 0.25) is 0 Å². The molecule has 3 heteroatoms. The van der Waals surface area contributed by atoms with Gasteiger partial charge in [0.15, 0.2) is 5.78 Å². The molecule has 2 aromatic rings. The highest BCUT2D eigenvalue weighted by Gasteiger charge is 2.07. The minimum Gasteiger partial charge on any atom is -0.491 e. The molecule has 0 N–H and O–H groups in total. The zero-order valence-electron chi connectivity index (χ0n) is 17.8. The first-order valence-electron chi connectivity index (χ1n) is 11.0. The second-order valence-electron chi connectivity index (χ2n) is 7.59. The van der Waals surface area contributed by atoms with Crippen molar-refractivity contribution in [2.24, 2.45) is 4.99 Å². The van der Waals surface area contributed by atoms with E-state index >= 15 is 0 Å². The molecule has 0 aromatic heterocycles. The van der Waals surface area contributed by atoms with Crippen molar-refractivity contribution in [1.29, 1.82) is 0 Å². The van der Waals surface area contributed by atoms with Crippen LogP contribution in [0.3, 0.4) is 0 Å². The fraction of sp³-hybridized carbons (Fsp3) is 0.333. The van der Waals surface area contributed by atoms with Crippen LogP contribution in [0.5, 0.6) is 5.75 Å². The van der Waals surface area contributed by atoms with Gasteiger partial charge in [-0.1, -0.05) is 55.5 Å². The SMILES string of the molecule is CCc1ccc(CCCCc2ccc3c(c2)OCCC=N3)cc1.O=C1C=CC=CC1. The lowest BCUT2D eigenvalue weighted by Gasteiger charge is -2.08. The number of aliphatic imine (C=N–C) groups is 1. The second-order valence-corrected chi connectivity index (χ2v) is 7.59. The van der Waals surface area contributed by atoms with Gasteiger partial charge in [-0.15, -0.1) is 0 Å². The molecule has 0 fully saturated rings. The lowest BCUT2D eigenvalue weighted by Crippen LogP contribution is -1.96. The number of unbranched alkanes of at least 4 members (excludes halogenated alkanes) is 1. The lowest BCUT2D eigenvalue weighted by molar-refractivity contribution is -0.113. The van der Waals surface area contributed by atoms with Gasteiger partial charge < -0.3 is 4.74 Å². The maximum Gasteiger partial charge on any atom is 0.159 e. The van der Waals surface area contributed by atoms with Crippen molar-refractivity contribution in [2.45, 2.75) is 51.9 Å². The Balaban J connectivity index is 0.000000310. The van der Waals surface area contributed by atoms with Gasteiger partial charge in [-0.05, 0) is 67.0 Å². The maximum atomic E-state index is 10.3. The molecule has 1 aliphatic heterocycles. The molecule has 1 aliphatic carbocycles. The summed E-state index contributed by atoms with van der Waals surface area (Å²) in [6, 6.07) is 15.5. The van der Waals surface area contributed by atoms with Crippen molar-refractivity contribution in [3.63, 3.8) is 0 Å². The molecule has 0 atom stereocenters. The largest absolute Gasteiger partial charge is 0.491 e. The van der Waals surface area contributed by atoms with Crippen LogP contribution in [0.1, 0.15) is 49.3 Å². The summed E-state index contributed by atoms with van der Waals surface area (Å²) < 4.78 is 5.76. The van der Waals surface area contributed by atoms with Crippen LogP contribution in [0.2, 0.25) is 0 Å². The van der Waals surface area contributed by atoms with Crippen molar-refractivity contribution < 1.29 is 9.53 Å². The van der Waals surface area contributed by atoms with Crippen LogP contribution in [-0.2, 0) is 24.1 Å². The van der Waals surface area contributed by atoms with E-state index < -0.39 is 0 Å². The molecule has 1 heterocycles. The topological polar surface area (TPSA) is 38.7 Å². The first-order valence-corrected chi connectivity index (χ1v) is 11.0. The average Bonchev–Trinajstić information content (AvgIpc) is 3.03. The van der Waals surface area contributed by atoms with E-state index in [9.17, 15) is 4.79 Å². The molecule has 0 spiro atoms. The Bertz CT molecular complexity index is 907. The van der Waals surface area contributed by atoms with Gasteiger partial charge in [0.1, 0.15) is 11.4 Å². The Labute approximate surface area is 180 Å². The van der Waals surface area contributed by atoms with E-state index in [1.807, 2.05) is 18.4 Å². The maximum absolute atomic E-state index is 10.3. The van der Waals surface area contributed by atoms with Gasteiger partial charge in [-0.2, -0.15) is 0 Å². The average molecular weight is 402 g/mol. The number of hydrogen-bond donors (Lipinski definition) is 0. The number of nitrogens with zero attached hydrogens (tertiary/aromatic N) is 1. The number of fused-ring (bicyclic) bond motifs is 1. The molecule has 3 nitrogen and oxygen atoms in total. The van der Waals surface area contributed by atoms with E-state index in [2.05, 4.69) is 54.4 Å². The number of aryl methyl sites for hydroxylation is 3.